The fraction of sp³-hybridized carbons (Fsp3) is 0.316. The van der Waals surface area contributed by atoms with Crippen LogP contribution in [0.3, 0.4) is 0 Å². The number of aryl methyl sites for hydroxylation is 2. The topological polar surface area (TPSA) is 66.5 Å². The molecule has 1 amide bonds. The standard InChI is InChI=1S/C19H23ClN2O3S/c1-14-6-4-7-15(2)19(14)21-18(23)13-22(26(3,24)25)11-10-16-8-5-9-17(20)12-16/h4-9,12H,10-11,13H2,1-3H3,(H,21,23). The molecule has 0 aliphatic heterocycles. The molecule has 0 saturated heterocycles. The summed E-state index contributed by atoms with van der Waals surface area (Å²) < 4.78 is 25.3. The molecule has 0 spiro atoms. The number of rotatable bonds is 7. The Labute approximate surface area is 160 Å². The second-order valence-electron chi connectivity index (χ2n) is 6.29. The van der Waals surface area contributed by atoms with Gasteiger partial charge >= 0.3 is 0 Å². The number of sulfonamides is 1. The van der Waals surface area contributed by atoms with Crippen LogP contribution in [0.5, 0.6) is 0 Å². The second kappa shape index (κ2) is 8.66. The monoisotopic (exact) mass is 394 g/mol. The van der Waals surface area contributed by atoms with E-state index in [1.807, 2.05) is 44.2 Å². The Balaban J connectivity index is 2.07. The molecule has 0 bridgehead atoms. The molecule has 7 heteroatoms. The Morgan fingerprint density at radius 2 is 1.73 bits per heavy atom. The molecule has 0 unspecified atom stereocenters. The van der Waals surface area contributed by atoms with Crippen LogP contribution in [-0.2, 0) is 21.2 Å². The van der Waals surface area contributed by atoms with Gasteiger partial charge in [0.15, 0.2) is 0 Å². The number of hydrogen-bond donors (Lipinski definition) is 1. The lowest BCUT2D eigenvalue weighted by Gasteiger charge is -2.20. The van der Waals surface area contributed by atoms with E-state index in [1.54, 1.807) is 12.1 Å². The Morgan fingerprint density at radius 3 is 2.31 bits per heavy atom. The van der Waals surface area contributed by atoms with E-state index in [1.165, 1.54) is 4.31 Å². The van der Waals surface area contributed by atoms with Crippen LogP contribution in [0.4, 0.5) is 5.69 Å². The maximum Gasteiger partial charge on any atom is 0.239 e. The second-order valence-corrected chi connectivity index (χ2v) is 8.71. The number of hydrogen-bond acceptors (Lipinski definition) is 3. The molecular formula is C19H23ClN2O3S. The van der Waals surface area contributed by atoms with Gasteiger partial charge in [0.25, 0.3) is 0 Å². The van der Waals surface area contributed by atoms with Crippen molar-refractivity contribution >= 4 is 33.2 Å². The summed E-state index contributed by atoms with van der Waals surface area (Å²) in [6, 6.07) is 13.0. The summed E-state index contributed by atoms with van der Waals surface area (Å²) >= 11 is 5.96. The summed E-state index contributed by atoms with van der Waals surface area (Å²) in [6.45, 7) is 3.78. The highest BCUT2D eigenvalue weighted by atomic mass is 35.5. The molecule has 5 nitrogen and oxygen atoms in total. The molecule has 2 aromatic rings. The molecule has 2 aromatic carbocycles. The highest BCUT2D eigenvalue weighted by Gasteiger charge is 2.20. The van der Waals surface area contributed by atoms with Gasteiger partial charge < -0.3 is 5.32 Å². The first-order chi connectivity index (χ1) is 12.2. The third-order valence-corrected chi connectivity index (χ3v) is 5.56. The van der Waals surface area contributed by atoms with Crippen molar-refractivity contribution < 1.29 is 13.2 Å². The van der Waals surface area contributed by atoms with E-state index in [0.29, 0.717) is 11.4 Å². The molecule has 2 rings (SSSR count). The number of para-hydroxylation sites is 1. The number of amides is 1. The molecule has 0 heterocycles. The summed E-state index contributed by atoms with van der Waals surface area (Å²) in [5.74, 6) is -0.362. The van der Waals surface area contributed by atoms with Crippen molar-refractivity contribution in [1.82, 2.24) is 4.31 Å². The zero-order valence-corrected chi connectivity index (χ0v) is 16.7. The fourth-order valence-electron chi connectivity index (χ4n) is 2.66. The summed E-state index contributed by atoms with van der Waals surface area (Å²) in [5, 5.41) is 3.42. The van der Waals surface area contributed by atoms with Crippen LogP contribution in [0.2, 0.25) is 5.02 Å². The van der Waals surface area contributed by atoms with Gasteiger partial charge in [-0.3, -0.25) is 4.79 Å². The quantitative estimate of drug-likeness (QED) is 0.782. The third-order valence-electron chi connectivity index (χ3n) is 4.07. The van der Waals surface area contributed by atoms with Crippen LogP contribution in [-0.4, -0.2) is 38.0 Å². The first kappa shape index (κ1) is 20.4. The van der Waals surface area contributed by atoms with Crippen molar-refractivity contribution in [3.05, 3.63) is 64.2 Å². The van der Waals surface area contributed by atoms with Crippen molar-refractivity contribution in [3.63, 3.8) is 0 Å². The predicted octanol–water partition coefficient (Wildman–Crippen LogP) is 3.40. The lowest BCUT2D eigenvalue weighted by Crippen LogP contribution is -2.38. The molecule has 0 aliphatic carbocycles. The van der Waals surface area contributed by atoms with Gasteiger partial charge in [0.1, 0.15) is 0 Å². The number of carbonyl (C=O) groups excluding carboxylic acids is 1. The molecule has 1 N–H and O–H groups in total. The van der Waals surface area contributed by atoms with E-state index in [2.05, 4.69) is 5.32 Å². The smallest absolute Gasteiger partial charge is 0.239 e. The van der Waals surface area contributed by atoms with E-state index in [9.17, 15) is 13.2 Å². The number of nitrogens with zero attached hydrogens (tertiary/aromatic N) is 1. The molecule has 0 aromatic heterocycles. The van der Waals surface area contributed by atoms with Gasteiger partial charge in [0, 0.05) is 17.3 Å². The molecule has 0 aliphatic rings. The minimum absolute atomic E-state index is 0.208. The normalized spacial score (nSPS) is 11.6. The van der Waals surface area contributed by atoms with Gasteiger partial charge in [-0.1, -0.05) is 41.9 Å². The van der Waals surface area contributed by atoms with E-state index < -0.39 is 10.0 Å². The van der Waals surface area contributed by atoms with E-state index in [-0.39, 0.29) is 19.0 Å². The zero-order valence-electron chi connectivity index (χ0n) is 15.1. The van der Waals surface area contributed by atoms with Gasteiger partial charge in [-0.2, -0.15) is 4.31 Å². The van der Waals surface area contributed by atoms with Gasteiger partial charge in [-0.25, -0.2) is 8.42 Å². The lowest BCUT2D eigenvalue weighted by atomic mass is 10.1. The Kier molecular flexibility index (Phi) is 6.81. The van der Waals surface area contributed by atoms with Gasteiger partial charge in [0.2, 0.25) is 15.9 Å². The molecule has 26 heavy (non-hydrogen) atoms. The van der Waals surface area contributed by atoms with Crippen molar-refractivity contribution in [1.29, 1.82) is 0 Å². The maximum absolute atomic E-state index is 12.4. The number of nitrogens with one attached hydrogen (secondary N) is 1. The average Bonchev–Trinajstić information content (AvgIpc) is 2.54. The highest BCUT2D eigenvalue weighted by molar-refractivity contribution is 7.88. The number of benzene rings is 2. The van der Waals surface area contributed by atoms with Crippen LogP contribution in [0.1, 0.15) is 16.7 Å². The molecule has 140 valence electrons. The summed E-state index contributed by atoms with van der Waals surface area (Å²) in [4.78, 5) is 12.4. The van der Waals surface area contributed by atoms with Crippen molar-refractivity contribution in [2.75, 3.05) is 24.7 Å². The first-order valence-electron chi connectivity index (χ1n) is 8.22. The van der Waals surface area contributed by atoms with Crippen LogP contribution < -0.4 is 5.32 Å². The summed E-state index contributed by atoms with van der Waals surface area (Å²) in [7, 11) is -3.51. The van der Waals surface area contributed by atoms with Crippen molar-refractivity contribution in [3.8, 4) is 0 Å². The lowest BCUT2D eigenvalue weighted by molar-refractivity contribution is -0.116. The number of anilines is 1. The number of halogens is 1. The Bertz CT molecular complexity index is 877. The summed E-state index contributed by atoms with van der Waals surface area (Å²) in [5.41, 5.74) is 3.51. The highest BCUT2D eigenvalue weighted by Crippen LogP contribution is 2.19. The maximum atomic E-state index is 12.4. The molecule has 0 fully saturated rings. The molecular weight excluding hydrogens is 372 g/mol. The van der Waals surface area contributed by atoms with Crippen molar-refractivity contribution in [2.24, 2.45) is 0 Å². The Hall–Kier alpha value is -1.89. The predicted molar refractivity (Wildman–Crippen MR) is 106 cm³/mol. The zero-order chi connectivity index (χ0) is 19.3. The minimum Gasteiger partial charge on any atom is -0.324 e. The van der Waals surface area contributed by atoms with E-state index >= 15 is 0 Å². The van der Waals surface area contributed by atoms with Gasteiger partial charge in [-0.15, -0.1) is 0 Å². The molecule has 0 atom stereocenters. The third kappa shape index (κ3) is 5.83. The van der Waals surface area contributed by atoms with Crippen LogP contribution in [0.25, 0.3) is 0 Å². The van der Waals surface area contributed by atoms with E-state index in [0.717, 1.165) is 28.6 Å². The van der Waals surface area contributed by atoms with E-state index in [4.69, 9.17) is 11.6 Å². The largest absolute Gasteiger partial charge is 0.324 e. The molecule has 0 radical (unpaired) electrons. The van der Waals surface area contributed by atoms with Gasteiger partial charge in [0.05, 0.1) is 12.8 Å². The van der Waals surface area contributed by atoms with Gasteiger partial charge in [-0.05, 0) is 49.1 Å². The summed E-state index contributed by atoms with van der Waals surface area (Å²) in [6.07, 6.45) is 1.58. The average molecular weight is 395 g/mol. The Morgan fingerprint density at radius 1 is 1.12 bits per heavy atom. The molecule has 0 saturated carbocycles. The van der Waals surface area contributed by atoms with Crippen molar-refractivity contribution in [2.45, 2.75) is 20.3 Å². The van der Waals surface area contributed by atoms with Crippen LogP contribution in [0, 0.1) is 13.8 Å². The minimum atomic E-state index is -3.51. The SMILES string of the molecule is Cc1cccc(C)c1NC(=O)CN(CCc1cccc(Cl)c1)S(C)(=O)=O. The number of carbonyl (C=O) groups is 1. The first-order valence-corrected chi connectivity index (χ1v) is 10.4. The fourth-order valence-corrected chi connectivity index (χ4v) is 3.65. The van der Waals surface area contributed by atoms with Crippen LogP contribution in [0.15, 0.2) is 42.5 Å². The van der Waals surface area contributed by atoms with Crippen LogP contribution >= 0.6 is 11.6 Å².